The van der Waals surface area contributed by atoms with E-state index in [0.717, 1.165) is 18.4 Å². The highest BCUT2D eigenvalue weighted by atomic mass is 35.5. The van der Waals surface area contributed by atoms with Gasteiger partial charge in [0.15, 0.2) is 0 Å². The zero-order valence-corrected chi connectivity index (χ0v) is 17.9. The molecule has 0 unspecified atom stereocenters. The van der Waals surface area contributed by atoms with Crippen LogP contribution in [0.3, 0.4) is 0 Å². The molecule has 9 heteroatoms. The fourth-order valence-corrected chi connectivity index (χ4v) is 4.99. The SMILES string of the molecule is COc1cnccc1-c1cc(F)c(NC(=O)N2[C@H]3CC[C@@H]2c2ccnc(F)c2C3)cc1Cl. The van der Waals surface area contributed by atoms with E-state index in [9.17, 15) is 13.6 Å². The molecule has 1 fully saturated rings. The van der Waals surface area contributed by atoms with E-state index in [2.05, 4.69) is 15.3 Å². The molecule has 6 nitrogen and oxygen atoms in total. The number of pyridine rings is 2. The van der Waals surface area contributed by atoms with Gasteiger partial charge in [0.05, 0.1) is 30.1 Å². The summed E-state index contributed by atoms with van der Waals surface area (Å²) in [6.45, 7) is 0. The van der Waals surface area contributed by atoms with Gasteiger partial charge < -0.3 is 15.0 Å². The molecular weight excluding hydrogens is 438 g/mol. The largest absolute Gasteiger partial charge is 0.494 e. The minimum atomic E-state index is -0.628. The Labute approximate surface area is 188 Å². The summed E-state index contributed by atoms with van der Waals surface area (Å²) in [6, 6.07) is 5.20. The van der Waals surface area contributed by atoms with Gasteiger partial charge in [0.1, 0.15) is 11.6 Å². The molecular formula is C23H19ClF2N4O2. The molecule has 2 bridgehead atoms. The first-order chi connectivity index (χ1) is 15.5. The summed E-state index contributed by atoms with van der Waals surface area (Å²) in [6.07, 6.45) is 6.35. The van der Waals surface area contributed by atoms with Crippen LogP contribution in [-0.4, -0.2) is 34.1 Å². The predicted octanol–water partition coefficient (Wildman–Crippen LogP) is 5.38. The predicted molar refractivity (Wildman–Crippen MR) is 116 cm³/mol. The van der Waals surface area contributed by atoms with Gasteiger partial charge in [-0.25, -0.2) is 14.2 Å². The molecule has 2 aliphatic heterocycles. The highest BCUT2D eigenvalue weighted by Gasteiger charge is 2.43. The van der Waals surface area contributed by atoms with Gasteiger partial charge in [-0.05, 0) is 49.1 Å². The molecule has 1 saturated heterocycles. The summed E-state index contributed by atoms with van der Waals surface area (Å²) in [7, 11) is 1.49. The van der Waals surface area contributed by atoms with Crippen molar-refractivity contribution in [3.8, 4) is 16.9 Å². The van der Waals surface area contributed by atoms with Crippen LogP contribution in [-0.2, 0) is 6.42 Å². The van der Waals surface area contributed by atoms with E-state index in [0.29, 0.717) is 28.9 Å². The average molecular weight is 457 g/mol. The number of fused-ring (bicyclic) bond motifs is 4. The molecule has 2 amide bonds. The van der Waals surface area contributed by atoms with Crippen LogP contribution in [0, 0.1) is 11.8 Å². The van der Waals surface area contributed by atoms with Gasteiger partial charge in [-0.3, -0.25) is 4.98 Å². The molecule has 4 heterocycles. The zero-order valence-electron chi connectivity index (χ0n) is 17.1. The zero-order chi connectivity index (χ0) is 22.4. The second-order valence-electron chi connectivity index (χ2n) is 7.85. The number of benzene rings is 1. The van der Waals surface area contributed by atoms with Crippen LogP contribution in [0.4, 0.5) is 19.3 Å². The van der Waals surface area contributed by atoms with Gasteiger partial charge in [0.2, 0.25) is 5.95 Å². The minimum Gasteiger partial charge on any atom is -0.494 e. The summed E-state index contributed by atoms with van der Waals surface area (Å²) in [5.41, 5.74) is 2.32. The Morgan fingerprint density at radius 2 is 2.06 bits per heavy atom. The van der Waals surface area contributed by atoms with Crippen LogP contribution in [0.25, 0.3) is 11.1 Å². The van der Waals surface area contributed by atoms with Crippen LogP contribution in [0.1, 0.15) is 30.0 Å². The molecule has 2 aliphatic rings. The number of aromatic nitrogens is 2. The lowest BCUT2D eigenvalue weighted by atomic mass is 9.95. The summed E-state index contributed by atoms with van der Waals surface area (Å²) in [5.74, 6) is -0.660. The number of hydrogen-bond acceptors (Lipinski definition) is 4. The third-order valence-electron chi connectivity index (χ3n) is 6.17. The molecule has 0 spiro atoms. The van der Waals surface area contributed by atoms with Gasteiger partial charge >= 0.3 is 6.03 Å². The normalized spacial score (nSPS) is 18.9. The van der Waals surface area contributed by atoms with E-state index >= 15 is 0 Å². The van der Waals surface area contributed by atoms with Gasteiger partial charge in [-0.2, -0.15) is 4.39 Å². The van der Waals surface area contributed by atoms with E-state index in [1.54, 1.807) is 23.2 Å². The molecule has 0 radical (unpaired) electrons. The number of rotatable bonds is 3. The van der Waals surface area contributed by atoms with E-state index in [4.69, 9.17) is 16.3 Å². The second kappa shape index (κ2) is 8.02. The number of nitrogens with zero attached hydrogens (tertiary/aromatic N) is 3. The van der Waals surface area contributed by atoms with E-state index in [-0.39, 0.29) is 22.8 Å². The van der Waals surface area contributed by atoms with Crippen molar-refractivity contribution in [2.24, 2.45) is 0 Å². The van der Waals surface area contributed by atoms with Gasteiger partial charge in [-0.15, -0.1) is 0 Å². The first-order valence-corrected chi connectivity index (χ1v) is 10.6. The molecule has 3 aromatic rings. The summed E-state index contributed by atoms with van der Waals surface area (Å²) in [4.78, 5) is 22.5. The number of nitrogens with one attached hydrogen (secondary N) is 1. The maximum absolute atomic E-state index is 15.0. The van der Waals surface area contributed by atoms with Crippen molar-refractivity contribution in [1.82, 2.24) is 14.9 Å². The molecule has 5 rings (SSSR count). The molecule has 0 saturated carbocycles. The lowest BCUT2D eigenvalue weighted by Gasteiger charge is -2.36. The van der Waals surface area contributed by atoms with Crippen molar-refractivity contribution in [1.29, 1.82) is 0 Å². The van der Waals surface area contributed by atoms with E-state index < -0.39 is 17.8 Å². The van der Waals surface area contributed by atoms with Crippen molar-refractivity contribution in [2.45, 2.75) is 31.3 Å². The maximum atomic E-state index is 15.0. The number of amides is 2. The third kappa shape index (κ3) is 3.35. The molecule has 164 valence electrons. The molecule has 2 aromatic heterocycles. The number of ether oxygens (including phenoxy) is 1. The Morgan fingerprint density at radius 3 is 2.88 bits per heavy atom. The van der Waals surface area contributed by atoms with Crippen molar-refractivity contribution in [3.05, 3.63) is 70.8 Å². The quantitative estimate of drug-likeness (QED) is 0.537. The van der Waals surface area contributed by atoms with Gasteiger partial charge in [-0.1, -0.05) is 11.6 Å². The topological polar surface area (TPSA) is 67.3 Å². The van der Waals surface area contributed by atoms with Crippen LogP contribution < -0.4 is 10.1 Å². The molecule has 1 aromatic carbocycles. The number of urea groups is 1. The van der Waals surface area contributed by atoms with Crippen LogP contribution in [0.5, 0.6) is 5.75 Å². The molecule has 2 atom stereocenters. The van der Waals surface area contributed by atoms with Crippen molar-refractivity contribution in [3.63, 3.8) is 0 Å². The Balaban J connectivity index is 1.43. The molecule has 0 aliphatic carbocycles. The van der Waals surface area contributed by atoms with Crippen LogP contribution >= 0.6 is 11.6 Å². The first-order valence-electron chi connectivity index (χ1n) is 10.2. The Bertz CT molecular complexity index is 1220. The Morgan fingerprint density at radius 1 is 1.22 bits per heavy atom. The number of halogens is 3. The Kier molecular flexibility index (Phi) is 5.17. The van der Waals surface area contributed by atoms with Gasteiger partial charge in [0.25, 0.3) is 0 Å². The first kappa shape index (κ1) is 20.6. The Hall–Kier alpha value is -3.26. The van der Waals surface area contributed by atoms with Crippen LogP contribution in [0.15, 0.2) is 42.9 Å². The molecule has 1 N–H and O–H groups in total. The van der Waals surface area contributed by atoms with Gasteiger partial charge in [0, 0.05) is 35.1 Å². The monoisotopic (exact) mass is 456 g/mol. The number of hydrogen-bond donors (Lipinski definition) is 1. The summed E-state index contributed by atoms with van der Waals surface area (Å²) in [5, 5.41) is 2.90. The molecule has 32 heavy (non-hydrogen) atoms. The number of anilines is 1. The van der Waals surface area contributed by atoms with Crippen LogP contribution in [0.2, 0.25) is 5.02 Å². The lowest BCUT2D eigenvalue weighted by molar-refractivity contribution is 0.178. The maximum Gasteiger partial charge on any atom is 0.322 e. The van der Waals surface area contributed by atoms with E-state index in [1.807, 2.05) is 0 Å². The van der Waals surface area contributed by atoms with Crippen molar-refractivity contribution < 1.29 is 18.3 Å². The lowest BCUT2D eigenvalue weighted by Crippen LogP contribution is -2.44. The number of carbonyl (C=O) groups excluding carboxylic acids is 1. The third-order valence-corrected chi connectivity index (χ3v) is 6.48. The summed E-state index contributed by atoms with van der Waals surface area (Å²) >= 11 is 6.43. The van der Waals surface area contributed by atoms with E-state index in [1.165, 1.54) is 31.6 Å². The highest BCUT2D eigenvalue weighted by molar-refractivity contribution is 6.33. The minimum absolute atomic E-state index is 0.0251. The fourth-order valence-electron chi connectivity index (χ4n) is 4.72. The highest BCUT2D eigenvalue weighted by Crippen LogP contribution is 2.44. The smallest absolute Gasteiger partial charge is 0.322 e. The second-order valence-corrected chi connectivity index (χ2v) is 8.25. The van der Waals surface area contributed by atoms with Crippen molar-refractivity contribution in [2.75, 3.05) is 12.4 Å². The standard InChI is InChI=1S/C23H19ClF2N4O2/c1-32-21-11-27-6-4-14(21)15-9-18(25)19(10-17(15)24)29-23(31)30-12-2-3-20(30)13-5-7-28-22(26)16(13)8-12/h4-7,9-12,20H,2-3,8H2,1H3,(H,29,31)/t12-,20+/m0/s1. The average Bonchev–Trinajstić information content (AvgIpc) is 3.11. The summed E-state index contributed by atoms with van der Waals surface area (Å²) < 4.78 is 34.4. The number of carbonyl (C=O) groups is 1. The fraction of sp³-hybridized carbons (Fsp3) is 0.261. The number of methoxy groups -OCH3 is 1. The van der Waals surface area contributed by atoms with Crippen molar-refractivity contribution >= 4 is 23.3 Å².